The molecule has 0 aromatic heterocycles. The Morgan fingerprint density at radius 1 is 1.40 bits per heavy atom. The van der Waals surface area contributed by atoms with E-state index in [0.717, 1.165) is 5.39 Å². The molecule has 2 aromatic rings. The van der Waals surface area contributed by atoms with Crippen molar-refractivity contribution in [1.82, 2.24) is 5.32 Å². The molecule has 3 nitrogen and oxygen atoms in total. The van der Waals surface area contributed by atoms with Crippen molar-refractivity contribution in [2.24, 2.45) is 0 Å². The molecule has 0 unspecified atom stereocenters. The van der Waals surface area contributed by atoms with Gasteiger partial charge in [-0.25, -0.2) is 0 Å². The van der Waals surface area contributed by atoms with Crippen molar-refractivity contribution in [2.45, 2.75) is 0 Å². The van der Waals surface area contributed by atoms with Gasteiger partial charge in [0, 0.05) is 12.4 Å². The highest BCUT2D eigenvalue weighted by Crippen LogP contribution is 2.27. The average Bonchev–Trinajstić information content (AvgIpc) is 2.29. The smallest absolute Gasteiger partial charge is 0.254 e. The van der Waals surface area contributed by atoms with Crippen LogP contribution in [-0.4, -0.2) is 18.1 Å². The van der Waals surface area contributed by atoms with Crippen LogP contribution < -0.4 is 5.32 Å². The van der Waals surface area contributed by atoms with E-state index in [9.17, 15) is 9.90 Å². The van der Waals surface area contributed by atoms with Gasteiger partial charge in [-0.15, -0.1) is 0 Å². The predicted octanol–water partition coefficient (Wildman–Crippen LogP) is 1.71. The van der Waals surface area contributed by atoms with Crippen molar-refractivity contribution in [3.63, 3.8) is 0 Å². The number of aromatic hydroxyl groups is 1. The Bertz CT molecular complexity index is 520. The number of carbonyl (C=O) groups excluding carboxylic acids is 1. The number of hydrogen-bond acceptors (Lipinski definition) is 2. The maximum atomic E-state index is 11.4. The van der Waals surface area contributed by atoms with E-state index in [4.69, 9.17) is 0 Å². The predicted molar refractivity (Wildman–Crippen MR) is 57.8 cm³/mol. The maximum Gasteiger partial charge on any atom is 0.254 e. The molecule has 0 aliphatic carbocycles. The fourth-order valence-corrected chi connectivity index (χ4v) is 1.49. The summed E-state index contributed by atoms with van der Waals surface area (Å²) >= 11 is 0. The molecule has 0 saturated heterocycles. The average molecular weight is 200 g/mol. The van der Waals surface area contributed by atoms with Gasteiger partial charge in [0.2, 0.25) is 0 Å². The minimum Gasteiger partial charge on any atom is -0.506 e. The molecule has 0 saturated carbocycles. The fourth-order valence-electron chi connectivity index (χ4n) is 1.49. The summed E-state index contributed by atoms with van der Waals surface area (Å²) in [7, 11) is 1.52. The van der Waals surface area contributed by atoms with E-state index in [1.54, 1.807) is 6.07 Å². The van der Waals surface area contributed by atoms with Crippen LogP contribution in [0.1, 0.15) is 10.4 Å². The highest BCUT2D eigenvalue weighted by atomic mass is 16.3. The molecule has 15 heavy (non-hydrogen) atoms. The van der Waals surface area contributed by atoms with Crippen LogP contribution in [-0.2, 0) is 0 Å². The summed E-state index contributed by atoms with van der Waals surface area (Å²) < 4.78 is 0. The lowest BCUT2D eigenvalue weighted by atomic mass is 10.1. The number of fused-ring (bicyclic) bond motifs is 1. The number of rotatable bonds is 1. The van der Waals surface area contributed by atoms with Gasteiger partial charge in [0.25, 0.3) is 5.91 Å². The lowest BCUT2D eigenvalue weighted by Gasteiger charge is -2.05. The lowest BCUT2D eigenvalue weighted by molar-refractivity contribution is 0.0960. The summed E-state index contributed by atoms with van der Waals surface area (Å²) in [5.74, 6) is -0.307. The normalized spacial score (nSPS) is 10.2. The number of amides is 1. The quantitative estimate of drug-likeness (QED) is 0.736. The summed E-state index contributed by atoms with van der Waals surface area (Å²) in [5, 5.41) is 13.8. The van der Waals surface area contributed by atoms with E-state index < -0.39 is 0 Å². The SMILES string of the molecule is CNC(=O)c1c[c]c2ccccc2c1O. The van der Waals surface area contributed by atoms with Crippen molar-refractivity contribution < 1.29 is 9.90 Å². The minimum absolute atomic E-state index is 0.00343. The van der Waals surface area contributed by atoms with Crippen LogP contribution in [0.3, 0.4) is 0 Å². The molecule has 0 fully saturated rings. The third-order valence-corrected chi connectivity index (χ3v) is 2.28. The Hall–Kier alpha value is -2.03. The highest BCUT2D eigenvalue weighted by Gasteiger charge is 2.11. The minimum atomic E-state index is -0.311. The third kappa shape index (κ3) is 1.52. The van der Waals surface area contributed by atoms with Crippen LogP contribution in [0.4, 0.5) is 0 Å². The Labute approximate surface area is 87.3 Å². The Balaban J connectivity index is 2.70. The van der Waals surface area contributed by atoms with Crippen molar-refractivity contribution >= 4 is 16.7 Å². The second-order valence-electron chi connectivity index (χ2n) is 3.18. The zero-order valence-electron chi connectivity index (χ0n) is 8.24. The van der Waals surface area contributed by atoms with Gasteiger partial charge >= 0.3 is 0 Å². The van der Waals surface area contributed by atoms with E-state index >= 15 is 0 Å². The first-order valence-corrected chi connectivity index (χ1v) is 4.58. The standard InChI is InChI=1S/C12H10NO2/c1-13-12(15)10-7-6-8-4-2-3-5-9(8)11(10)14/h2-5,7,14H,1H3,(H,13,15). The van der Waals surface area contributed by atoms with Gasteiger partial charge in [0.05, 0.1) is 5.56 Å². The van der Waals surface area contributed by atoms with Crippen molar-refractivity contribution in [3.05, 3.63) is 42.0 Å². The molecule has 0 aliphatic heterocycles. The van der Waals surface area contributed by atoms with E-state index in [1.807, 2.05) is 18.2 Å². The number of carbonyl (C=O) groups is 1. The van der Waals surface area contributed by atoms with E-state index in [-0.39, 0.29) is 17.2 Å². The van der Waals surface area contributed by atoms with Crippen LogP contribution >= 0.6 is 0 Å². The molecule has 2 rings (SSSR count). The van der Waals surface area contributed by atoms with Crippen molar-refractivity contribution in [1.29, 1.82) is 0 Å². The van der Waals surface area contributed by atoms with Gasteiger partial charge in [-0.2, -0.15) is 0 Å². The Morgan fingerprint density at radius 3 is 2.87 bits per heavy atom. The van der Waals surface area contributed by atoms with Crippen molar-refractivity contribution in [2.75, 3.05) is 7.05 Å². The molecule has 0 atom stereocenters. The molecular formula is C12H10NO2. The number of benzene rings is 2. The molecule has 0 bridgehead atoms. The topological polar surface area (TPSA) is 49.3 Å². The molecule has 0 aliphatic rings. The first-order valence-electron chi connectivity index (χ1n) is 4.58. The molecule has 0 spiro atoms. The summed E-state index contributed by atoms with van der Waals surface area (Å²) in [6.07, 6.45) is 0. The number of phenols is 1. The number of hydrogen-bond donors (Lipinski definition) is 2. The summed E-state index contributed by atoms with van der Waals surface area (Å²) in [6.45, 7) is 0. The van der Waals surface area contributed by atoms with Crippen LogP contribution in [0.15, 0.2) is 30.3 Å². The largest absolute Gasteiger partial charge is 0.506 e. The maximum absolute atomic E-state index is 11.4. The number of nitrogens with one attached hydrogen (secondary N) is 1. The highest BCUT2D eigenvalue weighted by molar-refractivity contribution is 6.03. The Morgan fingerprint density at radius 2 is 2.13 bits per heavy atom. The monoisotopic (exact) mass is 200 g/mol. The van der Waals surface area contributed by atoms with Crippen LogP contribution in [0.25, 0.3) is 10.8 Å². The second-order valence-corrected chi connectivity index (χ2v) is 3.18. The van der Waals surface area contributed by atoms with Gasteiger partial charge < -0.3 is 10.4 Å². The summed E-state index contributed by atoms with van der Waals surface area (Å²) in [4.78, 5) is 11.4. The van der Waals surface area contributed by atoms with Gasteiger partial charge in [0.1, 0.15) is 5.75 Å². The zero-order valence-corrected chi connectivity index (χ0v) is 8.24. The molecule has 1 amide bonds. The molecule has 75 valence electrons. The number of phenolic OH excluding ortho intramolecular Hbond substituents is 1. The van der Waals surface area contributed by atoms with Gasteiger partial charge in [0.15, 0.2) is 0 Å². The molecule has 3 heteroatoms. The molecule has 2 N–H and O–H groups in total. The first-order chi connectivity index (χ1) is 7.24. The zero-order chi connectivity index (χ0) is 10.8. The van der Waals surface area contributed by atoms with E-state index in [0.29, 0.717) is 5.39 Å². The molecule has 1 radical (unpaired) electrons. The summed E-state index contributed by atoms with van der Waals surface area (Å²) in [5.41, 5.74) is 0.246. The molecule has 2 aromatic carbocycles. The van der Waals surface area contributed by atoms with E-state index in [2.05, 4.69) is 11.4 Å². The molecular weight excluding hydrogens is 190 g/mol. The fraction of sp³-hybridized carbons (Fsp3) is 0.0833. The lowest BCUT2D eigenvalue weighted by Crippen LogP contribution is -2.17. The third-order valence-electron chi connectivity index (χ3n) is 2.28. The van der Waals surface area contributed by atoms with Gasteiger partial charge in [-0.05, 0) is 17.5 Å². The van der Waals surface area contributed by atoms with E-state index in [1.165, 1.54) is 13.1 Å². The Kier molecular flexibility index (Phi) is 2.29. The second kappa shape index (κ2) is 3.61. The van der Waals surface area contributed by atoms with Crippen molar-refractivity contribution in [3.8, 4) is 5.75 Å². The van der Waals surface area contributed by atoms with Crippen LogP contribution in [0.2, 0.25) is 0 Å². The first kappa shape index (κ1) is 9.52. The van der Waals surface area contributed by atoms with Gasteiger partial charge in [-0.1, -0.05) is 24.3 Å². The van der Waals surface area contributed by atoms with Crippen LogP contribution in [0, 0.1) is 6.07 Å². The van der Waals surface area contributed by atoms with Crippen LogP contribution in [0.5, 0.6) is 5.75 Å². The van der Waals surface area contributed by atoms with Gasteiger partial charge in [-0.3, -0.25) is 4.79 Å². The summed E-state index contributed by atoms with van der Waals surface area (Å²) in [6, 6.07) is 11.7. The molecule has 0 heterocycles.